The third-order valence-electron chi connectivity index (χ3n) is 5.37. The van der Waals surface area contributed by atoms with Gasteiger partial charge in [0, 0.05) is 42.8 Å². The Morgan fingerprint density at radius 3 is 2.58 bits per heavy atom. The average Bonchev–Trinajstić information content (AvgIpc) is 2.90. The lowest BCUT2D eigenvalue weighted by Crippen LogP contribution is -2.53. The Balaban J connectivity index is 1.51. The van der Waals surface area contributed by atoms with Gasteiger partial charge in [-0.15, -0.1) is 0 Å². The first-order valence-electron chi connectivity index (χ1n) is 9.16. The molecule has 5 heteroatoms. The molecule has 2 fully saturated rings. The van der Waals surface area contributed by atoms with Crippen molar-refractivity contribution < 1.29 is 13.9 Å². The largest absolute Gasteiger partial charge is 0.379 e. The monoisotopic (exact) mass is 354 g/mol. The summed E-state index contributed by atoms with van der Waals surface area (Å²) >= 11 is 0. The molecule has 0 saturated carbocycles. The van der Waals surface area contributed by atoms with Crippen molar-refractivity contribution in [3.8, 4) is 0 Å². The van der Waals surface area contributed by atoms with E-state index in [4.69, 9.17) is 4.74 Å². The number of halogens is 1. The zero-order chi connectivity index (χ0) is 17.9. The summed E-state index contributed by atoms with van der Waals surface area (Å²) in [5.41, 5.74) is 1.76. The SMILES string of the molecule is O=C(c1ccc(F)cc1)N1CC[C@H]2[C@@H](COCCN2c2ccccc2)C1. The summed E-state index contributed by atoms with van der Waals surface area (Å²) in [6, 6.07) is 16.6. The van der Waals surface area contributed by atoms with Crippen molar-refractivity contribution in [2.45, 2.75) is 12.5 Å². The standard InChI is InChI=1S/C21H23FN2O2/c22-18-8-6-16(7-9-18)21(25)23-11-10-20-17(14-23)15-26-13-12-24(20)19-4-2-1-3-5-19/h1-9,17,20H,10-15H2/t17-,20+/m1/s1. The molecule has 2 aromatic rings. The first-order valence-corrected chi connectivity index (χ1v) is 9.16. The van der Waals surface area contributed by atoms with Crippen molar-refractivity contribution >= 4 is 11.6 Å². The number of likely N-dealkylation sites (tertiary alicyclic amines) is 1. The van der Waals surface area contributed by atoms with Crippen molar-refractivity contribution in [3.05, 3.63) is 66.0 Å². The van der Waals surface area contributed by atoms with E-state index in [1.165, 1.54) is 17.8 Å². The van der Waals surface area contributed by atoms with Gasteiger partial charge in [-0.2, -0.15) is 0 Å². The summed E-state index contributed by atoms with van der Waals surface area (Å²) < 4.78 is 19.0. The number of anilines is 1. The Hall–Kier alpha value is -2.40. The molecule has 0 bridgehead atoms. The molecule has 0 radical (unpaired) electrons. The number of hydrogen-bond acceptors (Lipinski definition) is 3. The fourth-order valence-electron chi connectivity index (χ4n) is 4.06. The number of benzene rings is 2. The summed E-state index contributed by atoms with van der Waals surface area (Å²) in [5, 5.41) is 0. The van der Waals surface area contributed by atoms with E-state index in [1.807, 2.05) is 11.0 Å². The number of carbonyl (C=O) groups excluding carboxylic acids is 1. The van der Waals surface area contributed by atoms with Gasteiger partial charge in [0.15, 0.2) is 0 Å². The molecule has 0 aromatic heterocycles. The maximum atomic E-state index is 13.1. The second-order valence-corrected chi connectivity index (χ2v) is 6.98. The van der Waals surface area contributed by atoms with E-state index in [-0.39, 0.29) is 17.6 Å². The Morgan fingerprint density at radius 1 is 1.04 bits per heavy atom. The summed E-state index contributed by atoms with van der Waals surface area (Å²) in [6.07, 6.45) is 0.913. The first-order chi connectivity index (χ1) is 12.7. The molecule has 2 atom stereocenters. The predicted molar refractivity (Wildman–Crippen MR) is 98.8 cm³/mol. The number of rotatable bonds is 2. The topological polar surface area (TPSA) is 32.8 Å². The molecule has 0 spiro atoms. The Bertz CT molecular complexity index is 750. The molecule has 4 nitrogen and oxygen atoms in total. The third kappa shape index (κ3) is 3.44. The summed E-state index contributed by atoms with van der Waals surface area (Å²) in [7, 11) is 0. The summed E-state index contributed by atoms with van der Waals surface area (Å²) in [6.45, 7) is 3.62. The van der Waals surface area contributed by atoms with Crippen molar-refractivity contribution in [3.63, 3.8) is 0 Å². The quantitative estimate of drug-likeness (QED) is 0.830. The number of para-hydroxylation sites is 1. The Labute approximate surface area is 153 Å². The normalized spacial score (nSPS) is 23.3. The van der Waals surface area contributed by atoms with Crippen molar-refractivity contribution in [2.75, 3.05) is 37.7 Å². The van der Waals surface area contributed by atoms with Crippen LogP contribution in [0.2, 0.25) is 0 Å². The molecule has 2 aliphatic heterocycles. The smallest absolute Gasteiger partial charge is 0.253 e. The molecule has 4 rings (SSSR count). The molecule has 0 unspecified atom stereocenters. The molecular formula is C21H23FN2O2. The highest BCUT2D eigenvalue weighted by Crippen LogP contribution is 2.30. The molecule has 26 heavy (non-hydrogen) atoms. The van der Waals surface area contributed by atoms with Crippen molar-refractivity contribution in [1.82, 2.24) is 4.90 Å². The third-order valence-corrected chi connectivity index (χ3v) is 5.37. The predicted octanol–water partition coefficient (Wildman–Crippen LogP) is 3.19. The molecular weight excluding hydrogens is 331 g/mol. The van der Waals surface area contributed by atoms with Crippen LogP contribution in [-0.4, -0.2) is 49.7 Å². The summed E-state index contributed by atoms with van der Waals surface area (Å²) in [5.74, 6) is -0.0780. The van der Waals surface area contributed by atoms with E-state index in [0.29, 0.717) is 37.9 Å². The van der Waals surface area contributed by atoms with Gasteiger partial charge in [-0.25, -0.2) is 4.39 Å². The van der Waals surface area contributed by atoms with Crippen molar-refractivity contribution in [2.24, 2.45) is 5.92 Å². The van der Waals surface area contributed by atoms with Gasteiger partial charge in [0.1, 0.15) is 5.82 Å². The Morgan fingerprint density at radius 2 is 1.81 bits per heavy atom. The van der Waals surface area contributed by atoms with Crippen LogP contribution in [0.15, 0.2) is 54.6 Å². The molecule has 2 aromatic carbocycles. The fourth-order valence-corrected chi connectivity index (χ4v) is 4.06. The van der Waals surface area contributed by atoms with Crippen LogP contribution in [0.25, 0.3) is 0 Å². The molecule has 2 heterocycles. The van der Waals surface area contributed by atoms with E-state index in [1.54, 1.807) is 12.1 Å². The lowest BCUT2D eigenvalue weighted by molar-refractivity contribution is 0.0521. The van der Waals surface area contributed by atoms with Crippen LogP contribution >= 0.6 is 0 Å². The van der Waals surface area contributed by atoms with E-state index >= 15 is 0 Å². The molecule has 1 amide bonds. The van der Waals surface area contributed by atoms with Gasteiger partial charge < -0.3 is 14.5 Å². The van der Waals surface area contributed by atoms with Crippen LogP contribution in [0, 0.1) is 11.7 Å². The van der Waals surface area contributed by atoms with E-state index in [2.05, 4.69) is 29.2 Å². The number of ether oxygens (including phenoxy) is 1. The van der Waals surface area contributed by atoms with Gasteiger partial charge in [-0.3, -0.25) is 4.79 Å². The first kappa shape index (κ1) is 17.0. The number of piperidine rings is 1. The van der Waals surface area contributed by atoms with Gasteiger partial charge in [-0.05, 0) is 42.8 Å². The maximum absolute atomic E-state index is 13.1. The molecule has 136 valence electrons. The zero-order valence-corrected chi connectivity index (χ0v) is 14.7. The van der Waals surface area contributed by atoms with Gasteiger partial charge >= 0.3 is 0 Å². The average molecular weight is 354 g/mol. The molecule has 2 aliphatic rings. The minimum Gasteiger partial charge on any atom is -0.379 e. The fraction of sp³-hybridized carbons (Fsp3) is 0.381. The second-order valence-electron chi connectivity index (χ2n) is 6.98. The highest BCUT2D eigenvalue weighted by atomic mass is 19.1. The van der Waals surface area contributed by atoms with Crippen LogP contribution < -0.4 is 4.90 Å². The Kier molecular flexibility index (Phi) is 4.89. The van der Waals surface area contributed by atoms with E-state index < -0.39 is 0 Å². The van der Waals surface area contributed by atoms with E-state index in [9.17, 15) is 9.18 Å². The second kappa shape index (κ2) is 7.46. The number of carbonyl (C=O) groups is 1. The number of nitrogens with zero attached hydrogens (tertiary/aromatic N) is 2. The van der Waals surface area contributed by atoms with Crippen LogP contribution in [0.4, 0.5) is 10.1 Å². The van der Waals surface area contributed by atoms with Gasteiger partial charge in [0.05, 0.1) is 13.2 Å². The van der Waals surface area contributed by atoms with Gasteiger partial charge in [0.25, 0.3) is 5.91 Å². The highest BCUT2D eigenvalue weighted by molar-refractivity contribution is 5.94. The number of amides is 1. The summed E-state index contributed by atoms with van der Waals surface area (Å²) in [4.78, 5) is 17.1. The molecule has 0 N–H and O–H groups in total. The molecule has 2 saturated heterocycles. The van der Waals surface area contributed by atoms with Crippen LogP contribution in [0.5, 0.6) is 0 Å². The zero-order valence-electron chi connectivity index (χ0n) is 14.7. The number of fused-ring (bicyclic) bond motifs is 1. The lowest BCUT2D eigenvalue weighted by atomic mass is 9.90. The van der Waals surface area contributed by atoms with Gasteiger partial charge in [-0.1, -0.05) is 18.2 Å². The van der Waals surface area contributed by atoms with E-state index in [0.717, 1.165) is 13.0 Å². The number of hydrogen-bond donors (Lipinski definition) is 0. The lowest BCUT2D eigenvalue weighted by Gasteiger charge is -2.43. The van der Waals surface area contributed by atoms with Crippen LogP contribution in [0.1, 0.15) is 16.8 Å². The van der Waals surface area contributed by atoms with Crippen molar-refractivity contribution in [1.29, 1.82) is 0 Å². The highest BCUT2D eigenvalue weighted by Gasteiger charge is 2.37. The van der Waals surface area contributed by atoms with Gasteiger partial charge in [0.2, 0.25) is 0 Å². The maximum Gasteiger partial charge on any atom is 0.253 e. The van der Waals surface area contributed by atoms with Crippen LogP contribution in [0.3, 0.4) is 0 Å². The minimum atomic E-state index is -0.323. The minimum absolute atomic E-state index is 0.0287. The molecule has 0 aliphatic carbocycles. The van der Waals surface area contributed by atoms with Crippen LogP contribution in [-0.2, 0) is 4.74 Å².